The molecule has 0 aliphatic heterocycles. The Hall–Kier alpha value is -2.04. The number of aryl methyl sites for hydroxylation is 2. The molecular weight excluding hydrogens is 246 g/mol. The van der Waals surface area contributed by atoms with E-state index in [1.165, 1.54) is 4.90 Å². The molecule has 0 amide bonds. The molecule has 5 heteroatoms. The van der Waals surface area contributed by atoms with E-state index in [1.807, 2.05) is 39.8 Å². The van der Waals surface area contributed by atoms with Crippen molar-refractivity contribution in [1.82, 2.24) is 0 Å². The third kappa shape index (κ3) is 5.90. The first-order chi connectivity index (χ1) is 8.90. The summed E-state index contributed by atoms with van der Waals surface area (Å²) in [5.74, 6) is -2.10. The van der Waals surface area contributed by atoms with Crippen LogP contribution in [0.25, 0.3) is 0 Å². The van der Waals surface area contributed by atoms with Crippen molar-refractivity contribution in [3.63, 3.8) is 0 Å². The lowest BCUT2D eigenvalue weighted by atomic mass is 10.1. The number of carboxylic acids is 2. The van der Waals surface area contributed by atoms with Crippen molar-refractivity contribution in [2.24, 2.45) is 0 Å². The summed E-state index contributed by atoms with van der Waals surface area (Å²) in [5, 5.41) is 17.5. The molecular formula is C14H21NO4. The Morgan fingerprint density at radius 3 is 1.89 bits per heavy atom. The van der Waals surface area contributed by atoms with Crippen molar-refractivity contribution in [2.75, 3.05) is 18.0 Å². The molecule has 1 aromatic rings. The van der Waals surface area contributed by atoms with Gasteiger partial charge in [-0.3, -0.25) is 9.59 Å². The molecule has 0 saturated heterocycles. The maximum atomic E-state index is 10.7. The fourth-order valence-electron chi connectivity index (χ4n) is 1.71. The van der Waals surface area contributed by atoms with Gasteiger partial charge in [-0.1, -0.05) is 31.5 Å². The lowest BCUT2D eigenvalue weighted by Crippen LogP contribution is -2.34. The fraction of sp³-hybridized carbons (Fsp3) is 0.429. The lowest BCUT2D eigenvalue weighted by molar-refractivity contribution is -0.136. The smallest absolute Gasteiger partial charge is 0.323 e. The van der Waals surface area contributed by atoms with E-state index in [4.69, 9.17) is 10.2 Å². The third-order valence-corrected chi connectivity index (χ3v) is 2.35. The number of carboxylic acid groups (broad SMARTS) is 2. The van der Waals surface area contributed by atoms with Crippen LogP contribution in [0.4, 0.5) is 5.69 Å². The minimum Gasteiger partial charge on any atom is -0.480 e. The van der Waals surface area contributed by atoms with Gasteiger partial charge >= 0.3 is 11.9 Å². The summed E-state index contributed by atoms with van der Waals surface area (Å²) in [6.07, 6.45) is 0. The number of carbonyl (C=O) groups is 2. The van der Waals surface area contributed by atoms with Crippen LogP contribution >= 0.6 is 0 Å². The van der Waals surface area contributed by atoms with Gasteiger partial charge in [0.15, 0.2) is 0 Å². The molecule has 19 heavy (non-hydrogen) atoms. The summed E-state index contributed by atoms with van der Waals surface area (Å²) in [5.41, 5.74) is 2.56. The molecule has 0 bridgehead atoms. The highest BCUT2D eigenvalue weighted by Gasteiger charge is 2.15. The second-order valence-corrected chi connectivity index (χ2v) is 3.93. The van der Waals surface area contributed by atoms with Crippen molar-refractivity contribution in [2.45, 2.75) is 27.7 Å². The molecule has 0 aromatic heterocycles. The Kier molecular flexibility index (Phi) is 7.26. The summed E-state index contributed by atoms with van der Waals surface area (Å²) in [6, 6.07) is 5.47. The number of nitrogens with zero attached hydrogens (tertiary/aromatic N) is 1. The van der Waals surface area contributed by atoms with Crippen molar-refractivity contribution >= 4 is 17.6 Å². The third-order valence-electron chi connectivity index (χ3n) is 2.35. The molecule has 0 heterocycles. The fourth-order valence-corrected chi connectivity index (χ4v) is 1.71. The van der Waals surface area contributed by atoms with Crippen LogP contribution in [0.15, 0.2) is 18.2 Å². The molecule has 0 atom stereocenters. The Labute approximate surface area is 113 Å². The SMILES string of the molecule is CC.Cc1ccc(N(CC(=O)O)CC(=O)O)c(C)c1. The largest absolute Gasteiger partial charge is 0.480 e. The average molecular weight is 267 g/mol. The number of aliphatic carboxylic acids is 2. The molecule has 0 radical (unpaired) electrons. The average Bonchev–Trinajstić information content (AvgIpc) is 2.29. The second kappa shape index (κ2) is 8.13. The van der Waals surface area contributed by atoms with Crippen molar-refractivity contribution < 1.29 is 19.8 Å². The van der Waals surface area contributed by atoms with E-state index >= 15 is 0 Å². The number of benzene rings is 1. The van der Waals surface area contributed by atoms with E-state index in [1.54, 1.807) is 6.07 Å². The predicted molar refractivity (Wildman–Crippen MR) is 74.7 cm³/mol. The van der Waals surface area contributed by atoms with Gasteiger partial charge in [0.1, 0.15) is 13.1 Å². The van der Waals surface area contributed by atoms with Gasteiger partial charge in [-0.2, -0.15) is 0 Å². The molecule has 0 aliphatic carbocycles. The predicted octanol–water partition coefficient (Wildman–Crippen LogP) is 2.31. The first kappa shape index (κ1) is 17.0. The van der Waals surface area contributed by atoms with E-state index in [2.05, 4.69) is 0 Å². The molecule has 5 nitrogen and oxygen atoms in total. The monoisotopic (exact) mass is 267 g/mol. The van der Waals surface area contributed by atoms with Gasteiger partial charge in [-0.05, 0) is 25.5 Å². The van der Waals surface area contributed by atoms with Gasteiger partial charge in [0, 0.05) is 5.69 Å². The van der Waals surface area contributed by atoms with Gasteiger partial charge in [0.05, 0.1) is 0 Å². The highest BCUT2D eigenvalue weighted by molar-refractivity contribution is 5.80. The molecule has 0 saturated carbocycles. The van der Waals surface area contributed by atoms with E-state index in [0.717, 1.165) is 11.1 Å². The number of hydrogen-bond acceptors (Lipinski definition) is 3. The summed E-state index contributed by atoms with van der Waals surface area (Å²) in [4.78, 5) is 22.7. The Balaban J connectivity index is 0.00000154. The van der Waals surface area contributed by atoms with Gasteiger partial charge in [-0.15, -0.1) is 0 Å². The van der Waals surface area contributed by atoms with Crippen LogP contribution in [0.1, 0.15) is 25.0 Å². The standard InChI is InChI=1S/C12H15NO4.C2H6/c1-8-3-4-10(9(2)5-8)13(6-11(14)15)7-12(16)17;1-2/h3-5H,6-7H2,1-2H3,(H,14,15)(H,16,17);1-2H3. The summed E-state index contributed by atoms with van der Waals surface area (Å²) < 4.78 is 0. The Morgan fingerprint density at radius 1 is 1.05 bits per heavy atom. The van der Waals surface area contributed by atoms with Gasteiger partial charge in [-0.25, -0.2) is 0 Å². The molecule has 0 aliphatic rings. The number of rotatable bonds is 5. The maximum Gasteiger partial charge on any atom is 0.323 e. The van der Waals surface area contributed by atoms with E-state index in [-0.39, 0.29) is 13.1 Å². The number of anilines is 1. The molecule has 2 N–H and O–H groups in total. The zero-order valence-corrected chi connectivity index (χ0v) is 11.8. The quantitative estimate of drug-likeness (QED) is 0.856. The molecule has 0 spiro atoms. The van der Waals surface area contributed by atoms with E-state index in [9.17, 15) is 9.59 Å². The normalized spacial score (nSPS) is 9.26. The van der Waals surface area contributed by atoms with Crippen LogP contribution in [0.3, 0.4) is 0 Å². The Bertz CT molecular complexity index is 427. The highest BCUT2D eigenvalue weighted by atomic mass is 16.4. The van der Waals surface area contributed by atoms with Crippen molar-refractivity contribution in [3.05, 3.63) is 29.3 Å². The molecule has 1 aromatic carbocycles. The molecule has 0 fully saturated rings. The van der Waals surface area contributed by atoms with Gasteiger partial charge in [0.2, 0.25) is 0 Å². The van der Waals surface area contributed by atoms with Crippen LogP contribution in [0.2, 0.25) is 0 Å². The highest BCUT2D eigenvalue weighted by Crippen LogP contribution is 2.20. The van der Waals surface area contributed by atoms with Crippen LogP contribution in [-0.2, 0) is 9.59 Å². The molecule has 106 valence electrons. The van der Waals surface area contributed by atoms with Gasteiger partial charge < -0.3 is 15.1 Å². The molecule has 0 unspecified atom stereocenters. The summed E-state index contributed by atoms with van der Waals surface area (Å²) in [7, 11) is 0. The summed E-state index contributed by atoms with van der Waals surface area (Å²) >= 11 is 0. The Morgan fingerprint density at radius 2 is 1.53 bits per heavy atom. The van der Waals surface area contributed by atoms with Crippen LogP contribution in [-0.4, -0.2) is 35.2 Å². The van der Waals surface area contributed by atoms with Crippen LogP contribution in [0.5, 0.6) is 0 Å². The van der Waals surface area contributed by atoms with Crippen LogP contribution in [0, 0.1) is 13.8 Å². The van der Waals surface area contributed by atoms with Crippen LogP contribution < -0.4 is 4.90 Å². The topological polar surface area (TPSA) is 77.8 Å². The number of hydrogen-bond donors (Lipinski definition) is 2. The first-order valence-electron chi connectivity index (χ1n) is 6.16. The van der Waals surface area contributed by atoms with Crippen molar-refractivity contribution in [1.29, 1.82) is 0 Å². The van der Waals surface area contributed by atoms with Crippen molar-refractivity contribution in [3.8, 4) is 0 Å². The molecule has 1 rings (SSSR count). The minimum atomic E-state index is -1.05. The zero-order chi connectivity index (χ0) is 15.0. The minimum absolute atomic E-state index is 0.323. The maximum absolute atomic E-state index is 10.7. The second-order valence-electron chi connectivity index (χ2n) is 3.93. The zero-order valence-electron chi connectivity index (χ0n) is 11.8. The summed E-state index contributed by atoms with van der Waals surface area (Å²) in [6.45, 7) is 7.11. The lowest BCUT2D eigenvalue weighted by Gasteiger charge is -2.22. The van der Waals surface area contributed by atoms with Gasteiger partial charge in [0.25, 0.3) is 0 Å². The van der Waals surface area contributed by atoms with E-state index in [0.29, 0.717) is 5.69 Å². The van der Waals surface area contributed by atoms with E-state index < -0.39 is 11.9 Å². The first-order valence-corrected chi connectivity index (χ1v) is 6.16.